The fourth-order valence-corrected chi connectivity index (χ4v) is 2.62. The minimum atomic E-state index is 0.0376. The van der Waals surface area contributed by atoms with Gasteiger partial charge in [-0.2, -0.15) is 0 Å². The average molecular weight is 276 g/mol. The highest BCUT2D eigenvalue weighted by atomic mass is 16.2. The van der Waals surface area contributed by atoms with Crippen molar-refractivity contribution >= 4 is 11.9 Å². The van der Waals surface area contributed by atoms with Crippen molar-refractivity contribution in [1.82, 2.24) is 15.3 Å². The lowest BCUT2D eigenvalue weighted by Crippen LogP contribution is -2.45. The summed E-state index contributed by atoms with van der Waals surface area (Å²) >= 11 is 0. The molecule has 0 unspecified atom stereocenters. The van der Waals surface area contributed by atoms with Crippen LogP contribution >= 0.6 is 0 Å². The molecule has 5 nitrogen and oxygen atoms in total. The number of amides is 1. The third-order valence-corrected chi connectivity index (χ3v) is 3.48. The summed E-state index contributed by atoms with van der Waals surface area (Å²) in [6.45, 7) is 9.57. The molecule has 20 heavy (non-hydrogen) atoms. The standard InChI is InChI=1S/C15H24N4O/c1-10(2)16-14(20)13-6-5-7-19(9-13)15-17-11(3)8-12(4)18-15/h8,10,13H,5-7,9H2,1-4H3,(H,16,20)/t13-/m0/s1. The maximum Gasteiger partial charge on any atom is 0.225 e. The molecule has 0 aromatic carbocycles. The Bertz CT molecular complexity index is 467. The summed E-state index contributed by atoms with van der Waals surface area (Å²) in [4.78, 5) is 23.3. The maximum atomic E-state index is 12.1. The molecule has 0 saturated carbocycles. The molecule has 1 aromatic rings. The molecule has 1 amide bonds. The summed E-state index contributed by atoms with van der Waals surface area (Å²) in [6.07, 6.45) is 1.95. The largest absolute Gasteiger partial charge is 0.354 e. The van der Waals surface area contributed by atoms with Gasteiger partial charge in [0.2, 0.25) is 11.9 Å². The van der Waals surface area contributed by atoms with Crippen molar-refractivity contribution in [3.05, 3.63) is 17.5 Å². The first kappa shape index (κ1) is 14.8. The molecule has 5 heteroatoms. The second-order valence-corrected chi connectivity index (χ2v) is 5.90. The molecule has 1 saturated heterocycles. The lowest BCUT2D eigenvalue weighted by Gasteiger charge is -2.32. The van der Waals surface area contributed by atoms with Gasteiger partial charge in [0.25, 0.3) is 0 Å². The van der Waals surface area contributed by atoms with Gasteiger partial charge in [-0.25, -0.2) is 9.97 Å². The zero-order valence-corrected chi connectivity index (χ0v) is 12.8. The Balaban J connectivity index is 2.08. The molecule has 1 atom stereocenters. The number of nitrogens with zero attached hydrogens (tertiary/aromatic N) is 3. The maximum absolute atomic E-state index is 12.1. The zero-order valence-electron chi connectivity index (χ0n) is 12.8. The fraction of sp³-hybridized carbons (Fsp3) is 0.667. The van der Waals surface area contributed by atoms with Gasteiger partial charge in [-0.3, -0.25) is 4.79 Å². The molecule has 0 spiro atoms. The highest BCUT2D eigenvalue weighted by molar-refractivity contribution is 5.79. The molecule has 1 N–H and O–H groups in total. The van der Waals surface area contributed by atoms with Crippen LogP contribution in [0.2, 0.25) is 0 Å². The molecule has 0 radical (unpaired) electrons. The fourth-order valence-electron chi connectivity index (χ4n) is 2.62. The predicted octanol–water partition coefficient (Wildman–Crippen LogP) is 1.83. The van der Waals surface area contributed by atoms with E-state index in [-0.39, 0.29) is 17.9 Å². The number of rotatable bonds is 3. The normalized spacial score (nSPS) is 19.2. The Kier molecular flexibility index (Phi) is 4.57. The van der Waals surface area contributed by atoms with E-state index < -0.39 is 0 Å². The van der Waals surface area contributed by atoms with Crippen molar-refractivity contribution in [3.63, 3.8) is 0 Å². The van der Waals surface area contributed by atoms with Crippen molar-refractivity contribution in [2.75, 3.05) is 18.0 Å². The third-order valence-electron chi connectivity index (χ3n) is 3.48. The third kappa shape index (κ3) is 3.68. The van der Waals surface area contributed by atoms with E-state index in [1.165, 1.54) is 0 Å². The van der Waals surface area contributed by atoms with E-state index in [2.05, 4.69) is 20.2 Å². The van der Waals surface area contributed by atoms with Gasteiger partial charge >= 0.3 is 0 Å². The van der Waals surface area contributed by atoms with Crippen LogP contribution in [-0.2, 0) is 4.79 Å². The first-order valence-electron chi connectivity index (χ1n) is 7.33. The van der Waals surface area contributed by atoms with Crippen LogP contribution in [-0.4, -0.2) is 35.0 Å². The summed E-state index contributed by atoms with van der Waals surface area (Å²) in [7, 11) is 0. The monoisotopic (exact) mass is 276 g/mol. The second-order valence-electron chi connectivity index (χ2n) is 5.90. The smallest absolute Gasteiger partial charge is 0.225 e. The topological polar surface area (TPSA) is 58.1 Å². The molecule has 0 bridgehead atoms. The van der Waals surface area contributed by atoms with Crippen molar-refractivity contribution in [3.8, 4) is 0 Å². The summed E-state index contributed by atoms with van der Waals surface area (Å²) < 4.78 is 0. The van der Waals surface area contributed by atoms with E-state index in [0.29, 0.717) is 6.54 Å². The minimum Gasteiger partial charge on any atom is -0.354 e. The Hall–Kier alpha value is -1.65. The molecule has 2 rings (SSSR count). The Morgan fingerprint density at radius 3 is 2.60 bits per heavy atom. The second kappa shape index (κ2) is 6.20. The number of nitrogens with one attached hydrogen (secondary N) is 1. The van der Waals surface area contributed by atoms with Gasteiger partial charge in [-0.15, -0.1) is 0 Å². The van der Waals surface area contributed by atoms with Crippen LogP contribution in [0.25, 0.3) is 0 Å². The first-order chi connectivity index (χ1) is 9.45. The number of anilines is 1. The van der Waals surface area contributed by atoms with Crippen LogP contribution < -0.4 is 10.2 Å². The van der Waals surface area contributed by atoms with Gasteiger partial charge < -0.3 is 10.2 Å². The Morgan fingerprint density at radius 1 is 1.35 bits per heavy atom. The number of aromatic nitrogens is 2. The SMILES string of the molecule is Cc1cc(C)nc(N2CCC[C@H](C(=O)NC(C)C)C2)n1. The Morgan fingerprint density at radius 2 is 2.00 bits per heavy atom. The van der Waals surface area contributed by atoms with Crippen LogP contribution in [0.4, 0.5) is 5.95 Å². The lowest BCUT2D eigenvalue weighted by molar-refractivity contribution is -0.125. The number of hydrogen-bond acceptors (Lipinski definition) is 4. The molecule has 0 aliphatic carbocycles. The molecule has 1 aromatic heterocycles. The average Bonchev–Trinajstić information content (AvgIpc) is 2.37. The molecule has 1 aliphatic rings. The highest BCUT2D eigenvalue weighted by Gasteiger charge is 2.27. The summed E-state index contributed by atoms with van der Waals surface area (Å²) in [5.74, 6) is 0.939. The van der Waals surface area contributed by atoms with Gasteiger partial charge in [0, 0.05) is 30.5 Å². The molecule has 2 heterocycles. The van der Waals surface area contributed by atoms with Gasteiger partial charge in [0.05, 0.1) is 5.92 Å². The first-order valence-corrected chi connectivity index (χ1v) is 7.33. The van der Waals surface area contributed by atoms with Gasteiger partial charge in [-0.05, 0) is 46.6 Å². The summed E-state index contributed by atoms with van der Waals surface area (Å²) in [6, 6.07) is 2.16. The molecule has 110 valence electrons. The number of hydrogen-bond donors (Lipinski definition) is 1. The quantitative estimate of drug-likeness (QED) is 0.915. The van der Waals surface area contributed by atoms with Crippen LogP contribution in [0.15, 0.2) is 6.07 Å². The van der Waals surface area contributed by atoms with Crippen molar-refractivity contribution in [2.24, 2.45) is 5.92 Å². The number of piperidine rings is 1. The summed E-state index contributed by atoms with van der Waals surface area (Å²) in [5.41, 5.74) is 1.95. The van der Waals surface area contributed by atoms with E-state index in [1.807, 2.05) is 33.8 Å². The molecule has 1 fully saturated rings. The Labute approximate surface area is 120 Å². The van der Waals surface area contributed by atoms with E-state index in [9.17, 15) is 4.79 Å². The van der Waals surface area contributed by atoms with E-state index >= 15 is 0 Å². The van der Waals surface area contributed by atoms with E-state index in [1.54, 1.807) is 0 Å². The van der Waals surface area contributed by atoms with Crippen molar-refractivity contribution in [2.45, 2.75) is 46.6 Å². The van der Waals surface area contributed by atoms with Crippen molar-refractivity contribution < 1.29 is 4.79 Å². The number of aryl methyl sites for hydroxylation is 2. The van der Waals surface area contributed by atoms with Crippen LogP contribution in [0, 0.1) is 19.8 Å². The lowest BCUT2D eigenvalue weighted by atomic mass is 9.97. The predicted molar refractivity (Wildman–Crippen MR) is 79.7 cm³/mol. The van der Waals surface area contributed by atoms with Crippen LogP contribution in [0.5, 0.6) is 0 Å². The highest BCUT2D eigenvalue weighted by Crippen LogP contribution is 2.21. The number of carbonyl (C=O) groups excluding carboxylic acids is 1. The molecule has 1 aliphatic heterocycles. The van der Waals surface area contributed by atoms with Crippen molar-refractivity contribution in [1.29, 1.82) is 0 Å². The van der Waals surface area contributed by atoms with Crippen LogP contribution in [0.1, 0.15) is 38.1 Å². The number of carbonyl (C=O) groups is 1. The molecular formula is C15H24N4O. The van der Waals surface area contributed by atoms with E-state index in [4.69, 9.17) is 0 Å². The summed E-state index contributed by atoms with van der Waals surface area (Å²) in [5, 5.41) is 3.00. The minimum absolute atomic E-state index is 0.0376. The zero-order chi connectivity index (χ0) is 14.7. The van der Waals surface area contributed by atoms with Gasteiger partial charge in [0.1, 0.15) is 0 Å². The molecular weight excluding hydrogens is 252 g/mol. The van der Waals surface area contributed by atoms with Crippen LogP contribution in [0.3, 0.4) is 0 Å². The van der Waals surface area contributed by atoms with E-state index in [0.717, 1.165) is 36.7 Å². The van der Waals surface area contributed by atoms with Gasteiger partial charge in [-0.1, -0.05) is 0 Å². The van der Waals surface area contributed by atoms with Gasteiger partial charge in [0.15, 0.2) is 0 Å².